The van der Waals surface area contributed by atoms with Crippen molar-refractivity contribution in [1.29, 1.82) is 0 Å². The van der Waals surface area contributed by atoms with Crippen molar-refractivity contribution in [3.05, 3.63) is 48.0 Å². The fourth-order valence-corrected chi connectivity index (χ4v) is 2.48. The second kappa shape index (κ2) is 11.1. The molecule has 0 radical (unpaired) electrons. The molecular weight excluding hydrogens is 272 g/mol. The second-order valence-electron chi connectivity index (χ2n) is 5.99. The minimum Gasteiger partial charge on any atom is -0.454 e. The number of ether oxygens (including phenoxy) is 1. The molecule has 1 atom stereocenters. The Morgan fingerprint density at radius 1 is 1.05 bits per heavy atom. The van der Waals surface area contributed by atoms with Gasteiger partial charge in [0.05, 0.1) is 0 Å². The monoisotopic (exact) mass is 302 g/mol. The third-order valence-corrected chi connectivity index (χ3v) is 3.84. The van der Waals surface area contributed by atoms with Crippen LogP contribution in [-0.2, 0) is 9.53 Å². The summed E-state index contributed by atoms with van der Waals surface area (Å²) in [5.41, 5.74) is 1.53. The molecule has 0 aromatic heterocycles. The zero-order valence-corrected chi connectivity index (χ0v) is 14.1. The number of esters is 1. The predicted octanol–water partition coefficient (Wildman–Crippen LogP) is 5.99. The summed E-state index contributed by atoms with van der Waals surface area (Å²) < 4.78 is 5.60. The number of hydrogen-bond donors (Lipinski definition) is 0. The average Bonchev–Trinajstić information content (AvgIpc) is 2.53. The van der Waals surface area contributed by atoms with E-state index in [0.717, 1.165) is 18.4 Å². The van der Waals surface area contributed by atoms with Crippen LogP contribution < -0.4 is 0 Å². The maximum absolute atomic E-state index is 11.8. The Bertz CT molecular complexity index is 436. The summed E-state index contributed by atoms with van der Waals surface area (Å²) in [7, 11) is 0. The SMILES string of the molecule is C=C(C)C(=O)OC(CCCCCCCCC)c1ccccc1. The molecule has 1 unspecified atom stereocenters. The van der Waals surface area contributed by atoms with Crippen LogP contribution in [0.15, 0.2) is 42.5 Å². The Kier molecular flexibility index (Phi) is 9.29. The van der Waals surface area contributed by atoms with E-state index in [0.29, 0.717) is 5.57 Å². The molecule has 0 spiro atoms. The van der Waals surface area contributed by atoms with Crippen molar-refractivity contribution >= 4 is 5.97 Å². The number of carbonyl (C=O) groups excluding carboxylic acids is 1. The number of hydrogen-bond acceptors (Lipinski definition) is 2. The van der Waals surface area contributed by atoms with Crippen molar-refractivity contribution in [2.45, 2.75) is 71.3 Å². The van der Waals surface area contributed by atoms with E-state index in [9.17, 15) is 4.79 Å². The van der Waals surface area contributed by atoms with Crippen molar-refractivity contribution in [1.82, 2.24) is 0 Å². The standard InChI is InChI=1S/C20H30O2/c1-4-5-6-7-8-9-13-16-19(22-20(21)17(2)3)18-14-11-10-12-15-18/h10-12,14-15,19H,2,4-9,13,16H2,1,3H3. The fraction of sp³-hybridized carbons (Fsp3) is 0.550. The first-order valence-electron chi connectivity index (χ1n) is 8.56. The number of rotatable bonds is 11. The minimum atomic E-state index is -0.295. The predicted molar refractivity (Wildman–Crippen MR) is 92.7 cm³/mol. The van der Waals surface area contributed by atoms with E-state index in [2.05, 4.69) is 13.5 Å². The lowest BCUT2D eigenvalue weighted by Crippen LogP contribution is -2.12. The molecule has 0 N–H and O–H groups in total. The van der Waals surface area contributed by atoms with Gasteiger partial charge in [-0.1, -0.05) is 82.4 Å². The molecule has 2 heteroatoms. The molecule has 0 saturated heterocycles. The number of carbonyl (C=O) groups is 1. The lowest BCUT2D eigenvalue weighted by molar-refractivity contribution is -0.145. The molecule has 0 bridgehead atoms. The summed E-state index contributed by atoms with van der Waals surface area (Å²) in [5.74, 6) is -0.295. The third-order valence-electron chi connectivity index (χ3n) is 3.84. The first-order valence-corrected chi connectivity index (χ1v) is 8.56. The molecule has 122 valence electrons. The Labute approximate surface area is 135 Å². The van der Waals surface area contributed by atoms with Gasteiger partial charge in [-0.25, -0.2) is 4.79 Å². The van der Waals surface area contributed by atoms with Crippen LogP contribution in [0.1, 0.15) is 76.9 Å². The summed E-state index contributed by atoms with van der Waals surface area (Å²) in [4.78, 5) is 11.8. The molecule has 0 saturated carbocycles. The lowest BCUT2D eigenvalue weighted by Gasteiger charge is -2.18. The lowest BCUT2D eigenvalue weighted by atomic mass is 10.0. The Morgan fingerprint density at radius 3 is 2.23 bits per heavy atom. The minimum absolute atomic E-state index is 0.152. The van der Waals surface area contributed by atoms with Crippen molar-refractivity contribution < 1.29 is 9.53 Å². The molecule has 0 aliphatic rings. The molecule has 0 aliphatic carbocycles. The Hall–Kier alpha value is -1.57. The second-order valence-corrected chi connectivity index (χ2v) is 5.99. The Balaban J connectivity index is 2.42. The molecule has 2 nitrogen and oxygen atoms in total. The van der Waals surface area contributed by atoms with Gasteiger partial charge in [0.2, 0.25) is 0 Å². The van der Waals surface area contributed by atoms with Gasteiger partial charge < -0.3 is 4.74 Å². The summed E-state index contributed by atoms with van der Waals surface area (Å²) in [6.45, 7) is 7.59. The van der Waals surface area contributed by atoms with E-state index in [4.69, 9.17) is 4.74 Å². The van der Waals surface area contributed by atoms with Gasteiger partial charge in [0.25, 0.3) is 0 Å². The van der Waals surface area contributed by atoms with Crippen LogP contribution in [0.2, 0.25) is 0 Å². The van der Waals surface area contributed by atoms with Crippen LogP contribution in [0.3, 0.4) is 0 Å². The smallest absolute Gasteiger partial charge is 0.333 e. The highest BCUT2D eigenvalue weighted by Gasteiger charge is 2.16. The van der Waals surface area contributed by atoms with Gasteiger partial charge in [-0.3, -0.25) is 0 Å². The maximum atomic E-state index is 11.8. The zero-order valence-electron chi connectivity index (χ0n) is 14.1. The van der Waals surface area contributed by atoms with Gasteiger partial charge in [-0.15, -0.1) is 0 Å². The van der Waals surface area contributed by atoms with E-state index < -0.39 is 0 Å². The summed E-state index contributed by atoms with van der Waals surface area (Å²) in [6, 6.07) is 10.0. The summed E-state index contributed by atoms with van der Waals surface area (Å²) in [6.07, 6.45) is 9.58. The van der Waals surface area contributed by atoms with Crippen molar-refractivity contribution in [2.24, 2.45) is 0 Å². The Morgan fingerprint density at radius 2 is 1.64 bits per heavy atom. The first kappa shape index (κ1) is 18.5. The molecule has 0 heterocycles. The van der Waals surface area contributed by atoms with Gasteiger partial charge in [0, 0.05) is 5.57 Å². The van der Waals surface area contributed by atoms with Crippen molar-refractivity contribution in [3.63, 3.8) is 0 Å². The van der Waals surface area contributed by atoms with E-state index in [1.165, 1.54) is 38.5 Å². The molecule has 0 fully saturated rings. The van der Waals surface area contributed by atoms with Crippen LogP contribution in [0.5, 0.6) is 0 Å². The fourth-order valence-electron chi connectivity index (χ4n) is 2.48. The van der Waals surface area contributed by atoms with E-state index >= 15 is 0 Å². The van der Waals surface area contributed by atoms with Crippen LogP contribution >= 0.6 is 0 Å². The highest BCUT2D eigenvalue weighted by Crippen LogP contribution is 2.25. The molecule has 1 aromatic carbocycles. The van der Waals surface area contributed by atoms with Gasteiger partial charge in [0.1, 0.15) is 6.10 Å². The summed E-state index contributed by atoms with van der Waals surface area (Å²) in [5, 5.41) is 0. The zero-order chi connectivity index (χ0) is 16.2. The number of unbranched alkanes of at least 4 members (excludes halogenated alkanes) is 6. The molecular formula is C20H30O2. The van der Waals surface area contributed by atoms with Gasteiger partial charge in [-0.05, 0) is 25.3 Å². The van der Waals surface area contributed by atoms with Crippen molar-refractivity contribution in [3.8, 4) is 0 Å². The van der Waals surface area contributed by atoms with Crippen LogP contribution in [0, 0.1) is 0 Å². The van der Waals surface area contributed by atoms with E-state index in [1.54, 1.807) is 6.92 Å². The van der Waals surface area contributed by atoms with E-state index in [-0.39, 0.29) is 12.1 Å². The molecule has 0 amide bonds. The summed E-state index contributed by atoms with van der Waals surface area (Å²) >= 11 is 0. The number of benzene rings is 1. The topological polar surface area (TPSA) is 26.3 Å². The van der Waals surface area contributed by atoms with Crippen LogP contribution in [0.25, 0.3) is 0 Å². The quantitative estimate of drug-likeness (QED) is 0.285. The van der Waals surface area contributed by atoms with Gasteiger partial charge in [0.15, 0.2) is 0 Å². The molecule has 0 aliphatic heterocycles. The largest absolute Gasteiger partial charge is 0.454 e. The first-order chi connectivity index (χ1) is 10.6. The van der Waals surface area contributed by atoms with Crippen molar-refractivity contribution in [2.75, 3.05) is 0 Å². The highest BCUT2D eigenvalue weighted by atomic mass is 16.5. The average molecular weight is 302 g/mol. The van der Waals surface area contributed by atoms with Crippen LogP contribution in [-0.4, -0.2) is 5.97 Å². The van der Waals surface area contributed by atoms with Crippen LogP contribution in [0.4, 0.5) is 0 Å². The van der Waals surface area contributed by atoms with Gasteiger partial charge in [-0.2, -0.15) is 0 Å². The van der Waals surface area contributed by atoms with Gasteiger partial charge >= 0.3 is 5.97 Å². The van der Waals surface area contributed by atoms with E-state index in [1.807, 2.05) is 30.3 Å². The third kappa shape index (κ3) is 7.44. The highest BCUT2D eigenvalue weighted by molar-refractivity contribution is 5.87. The normalized spacial score (nSPS) is 11.9. The molecule has 1 rings (SSSR count). The molecule has 22 heavy (non-hydrogen) atoms. The maximum Gasteiger partial charge on any atom is 0.333 e. The molecule has 1 aromatic rings.